The Morgan fingerprint density at radius 2 is 1.50 bits per heavy atom. The van der Waals surface area contributed by atoms with E-state index in [4.69, 9.17) is 11.1 Å². The van der Waals surface area contributed by atoms with E-state index in [0.29, 0.717) is 5.17 Å². The molecule has 14 heavy (non-hydrogen) atoms. The van der Waals surface area contributed by atoms with Crippen LogP contribution in [0.2, 0.25) is 0 Å². The second kappa shape index (κ2) is 10.9. The van der Waals surface area contributed by atoms with Gasteiger partial charge in [-0.15, -0.1) is 0 Å². The molecule has 3 heteroatoms. The molecule has 0 atom stereocenters. The normalized spacial score (nSPS) is 10.4. The lowest BCUT2D eigenvalue weighted by Crippen LogP contribution is -2.43. The molecule has 0 unspecified atom stereocenters. The monoisotopic (exact) mass is 217 g/mol. The molecule has 0 aromatic heterocycles. The van der Waals surface area contributed by atoms with Gasteiger partial charge in [0.15, 0.2) is 0 Å². The van der Waals surface area contributed by atoms with Crippen LogP contribution in [0.15, 0.2) is 0 Å². The van der Waals surface area contributed by atoms with Crippen LogP contribution in [0.3, 0.4) is 0 Å². The molecular formula is C11H25N2S+. The van der Waals surface area contributed by atoms with Gasteiger partial charge in [-0.2, -0.15) is 0 Å². The molecule has 84 valence electrons. The highest BCUT2D eigenvalue weighted by molar-refractivity contribution is 8.13. The van der Waals surface area contributed by atoms with Crippen molar-refractivity contribution in [2.24, 2.45) is 5.73 Å². The molecule has 0 aromatic rings. The van der Waals surface area contributed by atoms with Crippen molar-refractivity contribution in [1.82, 2.24) is 0 Å². The molecule has 2 nitrogen and oxygen atoms in total. The molecule has 0 saturated heterocycles. The molecule has 0 radical (unpaired) electrons. The summed E-state index contributed by atoms with van der Waals surface area (Å²) in [7, 11) is 0. The van der Waals surface area contributed by atoms with Gasteiger partial charge >= 0.3 is 0 Å². The molecule has 0 aliphatic rings. The molecular weight excluding hydrogens is 192 g/mol. The van der Waals surface area contributed by atoms with Gasteiger partial charge in [0, 0.05) is 5.75 Å². The number of rotatable bonds is 9. The lowest BCUT2D eigenvalue weighted by molar-refractivity contribution is -0.110. The Labute approximate surface area is 92.5 Å². The van der Waals surface area contributed by atoms with Crippen LogP contribution >= 0.6 is 11.8 Å². The van der Waals surface area contributed by atoms with E-state index in [0.717, 1.165) is 5.75 Å². The van der Waals surface area contributed by atoms with Crippen molar-refractivity contribution in [2.75, 3.05) is 5.75 Å². The van der Waals surface area contributed by atoms with Crippen LogP contribution in [0.4, 0.5) is 0 Å². The predicted octanol–water partition coefficient (Wildman–Crippen LogP) is 1.93. The summed E-state index contributed by atoms with van der Waals surface area (Å²) in [5, 5.41) is 5.85. The Morgan fingerprint density at radius 3 is 2.00 bits per heavy atom. The zero-order valence-electron chi connectivity index (χ0n) is 9.43. The molecule has 0 amide bonds. The van der Waals surface area contributed by atoms with Gasteiger partial charge < -0.3 is 0 Å². The standard InChI is InChI=1S/C11H24N2S/c1-2-3-4-5-6-7-8-9-10-14-11(12)13/h2-10H2,1H3,(H3,12,13)/p+1. The average Bonchev–Trinajstić information content (AvgIpc) is 2.15. The van der Waals surface area contributed by atoms with Crippen LogP contribution in [-0.4, -0.2) is 10.9 Å². The van der Waals surface area contributed by atoms with Crippen molar-refractivity contribution < 1.29 is 5.41 Å². The first-order valence-electron chi connectivity index (χ1n) is 5.78. The Bertz CT molecular complexity index is 137. The van der Waals surface area contributed by atoms with Gasteiger partial charge in [0.25, 0.3) is 5.17 Å². The maximum atomic E-state index is 5.35. The van der Waals surface area contributed by atoms with Crippen LogP contribution in [-0.2, 0) is 0 Å². The van der Waals surface area contributed by atoms with Crippen molar-refractivity contribution in [3.63, 3.8) is 0 Å². The minimum atomic E-state index is 0.507. The summed E-state index contributed by atoms with van der Waals surface area (Å²) in [4.78, 5) is 0. The second-order valence-corrected chi connectivity index (χ2v) is 4.89. The predicted molar refractivity (Wildman–Crippen MR) is 66.2 cm³/mol. The second-order valence-electron chi connectivity index (χ2n) is 3.73. The third-order valence-electron chi connectivity index (χ3n) is 2.27. The summed E-state index contributed by atoms with van der Waals surface area (Å²) in [5.74, 6) is 1.08. The quantitative estimate of drug-likeness (QED) is 0.352. The molecule has 0 aliphatic heterocycles. The van der Waals surface area contributed by atoms with Crippen molar-refractivity contribution in [1.29, 1.82) is 0 Å². The lowest BCUT2D eigenvalue weighted by atomic mass is 10.1. The van der Waals surface area contributed by atoms with Gasteiger partial charge in [-0.3, -0.25) is 11.1 Å². The molecule has 4 N–H and O–H groups in total. The molecule has 0 fully saturated rings. The highest BCUT2D eigenvalue weighted by atomic mass is 32.2. The van der Waals surface area contributed by atoms with Gasteiger partial charge in [0.1, 0.15) is 0 Å². The fourth-order valence-corrected chi connectivity index (χ4v) is 2.01. The Hall–Kier alpha value is -0.180. The minimum absolute atomic E-state index is 0.507. The summed E-state index contributed by atoms with van der Waals surface area (Å²) in [6.07, 6.45) is 10.9. The lowest BCUT2D eigenvalue weighted by Gasteiger charge is -2.00. The van der Waals surface area contributed by atoms with Crippen LogP contribution in [0.1, 0.15) is 58.3 Å². The van der Waals surface area contributed by atoms with E-state index >= 15 is 0 Å². The van der Waals surface area contributed by atoms with Crippen LogP contribution < -0.4 is 11.1 Å². The highest BCUT2D eigenvalue weighted by Crippen LogP contribution is 2.10. The first-order valence-corrected chi connectivity index (χ1v) is 6.76. The summed E-state index contributed by atoms with van der Waals surface area (Å²) >= 11 is 1.58. The maximum absolute atomic E-state index is 5.35. The minimum Gasteiger partial charge on any atom is -0.282 e. The van der Waals surface area contributed by atoms with Crippen molar-refractivity contribution in [3.8, 4) is 0 Å². The summed E-state index contributed by atoms with van der Waals surface area (Å²) < 4.78 is 0. The van der Waals surface area contributed by atoms with E-state index in [1.54, 1.807) is 11.8 Å². The fraction of sp³-hybridized carbons (Fsp3) is 0.909. The van der Waals surface area contributed by atoms with Gasteiger partial charge in [-0.25, -0.2) is 0 Å². The number of amidine groups is 1. The Morgan fingerprint density at radius 1 is 1.00 bits per heavy atom. The Balaban J connectivity index is 2.88. The van der Waals surface area contributed by atoms with E-state index in [1.165, 1.54) is 51.4 Å². The molecule has 0 heterocycles. The molecule has 0 aromatic carbocycles. The van der Waals surface area contributed by atoms with Gasteiger partial charge in [0.05, 0.1) is 0 Å². The van der Waals surface area contributed by atoms with Crippen LogP contribution in [0.5, 0.6) is 0 Å². The SMILES string of the molecule is CCCCCCCCCCSC(N)=[NH2+]. The third-order valence-corrected chi connectivity index (χ3v) is 3.09. The number of unbranched alkanes of at least 4 members (excludes halogenated alkanes) is 7. The summed E-state index contributed by atoms with van der Waals surface area (Å²) in [5.41, 5.74) is 5.35. The van der Waals surface area contributed by atoms with E-state index < -0.39 is 0 Å². The fourth-order valence-electron chi connectivity index (χ4n) is 1.43. The van der Waals surface area contributed by atoms with Crippen molar-refractivity contribution in [2.45, 2.75) is 58.3 Å². The van der Waals surface area contributed by atoms with Gasteiger partial charge in [-0.1, -0.05) is 51.9 Å². The molecule has 0 aliphatic carbocycles. The van der Waals surface area contributed by atoms with E-state index in [2.05, 4.69) is 6.92 Å². The number of nitrogens with two attached hydrogens (primary N) is 2. The largest absolute Gasteiger partial charge is 0.299 e. The number of thioether (sulfide) groups is 1. The number of hydrogen-bond acceptors (Lipinski definition) is 1. The van der Waals surface area contributed by atoms with Gasteiger partial charge in [0.2, 0.25) is 0 Å². The molecule has 0 bridgehead atoms. The highest BCUT2D eigenvalue weighted by Gasteiger charge is 1.96. The smallest absolute Gasteiger partial charge is 0.282 e. The zero-order chi connectivity index (χ0) is 10.6. The topological polar surface area (TPSA) is 51.6 Å². The first kappa shape index (κ1) is 13.8. The van der Waals surface area contributed by atoms with Gasteiger partial charge in [-0.05, 0) is 18.2 Å². The van der Waals surface area contributed by atoms with E-state index in [1.807, 2.05) is 0 Å². The summed E-state index contributed by atoms with van der Waals surface area (Å²) in [6, 6.07) is 0. The van der Waals surface area contributed by atoms with Crippen LogP contribution in [0.25, 0.3) is 0 Å². The summed E-state index contributed by atoms with van der Waals surface area (Å²) in [6.45, 7) is 2.25. The van der Waals surface area contributed by atoms with E-state index in [9.17, 15) is 0 Å². The maximum Gasteiger partial charge on any atom is 0.299 e. The Kier molecular flexibility index (Phi) is 10.8. The first-order chi connectivity index (χ1) is 6.77. The molecule has 0 spiro atoms. The zero-order valence-corrected chi connectivity index (χ0v) is 10.2. The van der Waals surface area contributed by atoms with Crippen molar-refractivity contribution in [3.05, 3.63) is 0 Å². The number of hydrogen-bond donors (Lipinski definition) is 2. The van der Waals surface area contributed by atoms with E-state index in [-0.39, 0.29) is 0 Å². The average molecular weight is 217 g/mol. The van der Waals surface area contributed by atoms with Crippen LogP contribution in [0, 0.1) is 0 Å². The third kappa shape index (κ3) is 11.8. The molecule has 0 saturated carbocycles. The van der Waals surface area contributed by atoms with Crippen molar-refractivity contribution >= 4 is 16.9 Å². The molecule has 0 rings (SSSR count).